The second-order valence-electron chi connectivity index (χ2n) is 5.58. The Labute approximate surface area is 176 Å². The van der Waals surface area contributed by atoms with E-state index in [1.54, 1.807) is 24.3 Å². The van der Waals surface area contributed by atoms with Gasteiger partial charge in [-0.25, -0.2) is 4.79 Å². The highest BCUT2D eigenvalue weighted by Gasteiger charge is 2.37. The highest BCUT2D eigenvalue weighted by molar-refractivity contribution is 9.10. The van der Waals surface area contributed by atoms with Gasteiger partial charge in [0.15, 0.2) is 6.10 Å². The fourth-order valence-electron chi connectivity index (χ4n) is 2.16. The number of benzene rings is 2. The zero-order valence-electron chi connectivity index (χ0n) is 13.8. The van der Waals surface area contributed by atoms with Gasteiger partial charge in [-0.1, -0.05) is 105 Å². The minimum absolute atomic E-state index is 0.266. The summed E-state index contributed by atoms with van der Waals surface area (Å²) in [7, 11) is 0. The van der Waals surface area contributed by atoms with Gasteiger partial charge in [-0.2, -0.15) is 0 Å². The molecule has 0 spiro atoms. The quantitative estimate of drug-likeness (QED) is 0.487. The van der Waals surface area contributed by atoms with Crippen molar-refractivity contribution in [1.82, 2.24) is 5.32 Å². The number of carbonyl (C=O) groups excluding carboxylic acids is 1. The van der Waals surface area contributed by atoms with Crippen LogP contribution in [0.15, 0.2) is 65.1 Å². The maximum atomic E-state index is 12.2. The number of rotatable bonds is 5. The number of alkyl halides is 3. The molecular weight excluding hydrogens is 460 g/mol. The summed E-state index contributed by atoms with van der Waals surface area (Å²) in [4.78, 5) is 12.2. The minimum Gasteiger partial charge on any atom is -0.437 e. The Morgan fingerprint density at radius 1 is 1.12 bits per heavy atom. The number of alkyl carbamates (subject to hydrolysis) is 1. The van der Waals surface area contributed by atoms with Crippen LogP contribution >= 0.6 is 50.7 Å². The molecule has 0 saturated heterocycles. The molecule has 0 fully saturated rings. The van der Waals surface area contributed by atoms with Crippen LogP contribution in [-0.2, 0) is 4.74 Å². The third-order valence-electron chi connectivity index (χ3n) is 3.42. The van der Waals surface area contributed by atoms with E-state index in [4.69, 9.17) is 39.5 Å². The van der Waals surface area contributed by atoms with E-state index >= 15 is 0 Å². The van der Waals surface area contributed by atoms with E-state index < -0.39 is 16.0 Å². The molecule has 0 bridgehead atoms. The van der Waals surface area contributed by atoms with Crippen molar-refractivity contribution in [1.29, 1.82) is 0 Å². The number of ether oxygens (including phenoxy) is 1. The summed E-state index contributed by atoms with van der Waals surface area (Å²) >= 11 is 21.3. The van der Waals surface area contributed by atoms with E-state index in [1.165, 1.54) is 0 Å². The third-order valence-corrected chi connectivity index (χ3v) is 4.54. The van der Waals surface area contributed by atoms with Gasteiger partial charge in [0.25, 0.3) is 0 Å². The molecule has 0 radical (unpaired) electrons. The Bertz CT molecular complexity index is 746. The molecule has 0 aliphatic heterocycles. The maximum Gasteiger partial charge on any atom is 0.408 e. The van der Waals surface area contributed by atoms with Crippen molar-refractivity contribution in [3.8, 4) is 0 Å². The van der Waals surface area contributed by atoms with Gasteiger partial charge in [-0.05, 0) is 30.2 Å². The molecule has 2 atom stereocenters. The maximum absolute atomic E-state index is 12.2. The Morgan fingerprint density at radius 3 is 2.31 bits per heavy atom. The van der Waals surface area contributed by atoms with Crippen LogP contribution in [0.4, 0.5) is 4.79 Å². The van der Waals surface area contributed by atoms with E-state index in [0.717, 1.165) is 10.0 Å². The molecular formula is C19H17BrCl3NO2. The average Bonchev–Trinajstić information content (AvgIpc) is 2.59. The van der Waals surface area contributed by atoms with Crippen molar-refractivity contribution in [3.63, 3.8) is 0 Å². The fraction of sp³-hybridized carbons (Fsp3) is 0.211. The zero-order valence-corrected chi connectivity index (χ0v) is 17.7. The van der Waals surface area contributed by atoms with Crippen molar-refractivity contribution in [2.75, 3.05) is 0 Å². The topological polar surface area (TPSA) is 38.3 Å². The van der Waals surface area contributed by atoms with Crippen LogP contribution in [0.1, 0.15) is 24.2 Å². The molecule has 0 unspecified atom stereocenters. The standard InChI is InChI=1S/C19H17BrCl3NO2/c1-13(7-8-14-9-11-16(20)12-10-14)24-18(25)26-17(19(21,22)23)15-5-3-2-4-6-15/h2-13,17H,1H3,(H,24,25)/b8-7+/t13-,17-/m1/s1. The summed E-state index contributed by atoms with van der Waals surface area (Å²) in [5, 5.41) is 2.70. The molecule has 0 heterocycles. The number of halogens is 4. The molecule has 1 amide bonds. The molecule has 0 aliphatic carbocycles. The van der Waals surface area contributed by atoms with Gasteiger partial charge < -0.3 is 10.1 Å². The first kappa shape index (κ1) is 21.1. The Morgan fingerprint density at radius 2 is 1.73 bits per heavy atom. The monoisotopic (exact) mass is 475 g/mol. The third kappa shape index (κ3) is 6.84. The van der Waals surface area contributed by atoms with Crippen molar-refractivity contribution in [3.05, 3.63) is 76.3 Å². The van der Waals surface area contributed by atoms with E-state index in [0.29, 0.717) is 5.56 Å². The molecule has 0 aliphatic rings. The lowest BCUT2D eigenvalue weighted by molar-refractivity contribution is 0.0980. The number of amides is 1. The molecule has 0 saturated carbocycles. The first-order valence-electron chi connectivity index (χ1n) is 7.78. The molecule has 1 N–H and O–H groups in total. The molecule has 2 aromatic carbocycles. The van der Waals surface area contributed by atoms with Gasteiger partial charge in [-0.15, -0.1) is 0 Å². The number of nitrogens with one attached hydrogen (secondary N) is 1. The summed E-state index contributed by atoms with van der Waals surface area (Å²) in [5.74, 6) is 0. The lowest BCUT2D eigenvalue weighted by Crippen LogP contribution is -2.35. The second-order valence-corrected chi connectivity index (χ2v) is 8.87. The lowest BCUT2D eigenvalue weighted by atomic mass is 10.1. The lowest BCUT2D eigenvalue weighted by Gasteiger charge is -2.25. The fourth-order valence-corrected chi connectivity index (χ4v) is 2.93. The van der Waals surface area contributed by atoms with Crippen LogP contribution in [0.5, 0.6) is 0 Å². The predicted molar refractivity (Wildman–Crippen MR) is 112 cm³/mol. The molecule has 2 rings (SSSR count). The van der Waals surface area contributed by atoms with Crippen LogP contribution in [0.2, 0.25) is 0 Å². The first-order chi connectivity index (χ1) is 12.3. The minimum atomic E-state index is -1.78. The molecule has 7 heteroatoms. The number of hydrogen-bond acceptors (Lipinski definition) is 2. The molecule has 3 nitrogen and oxygen atoms in total. The predicted octanol–water partition coefficient (Wildman–Crippen LogP) is 6.69. The highest BCUT2D eigenvalue weighted by atomic mass is 79.9. The van der Waals surface area contributed by atoms with Crippen LogP contribution in [0, 0.1) is 0 Å². The number of carbonyl (C=O) groups is 1. The largest absolute Gasteiger partial charge is 0.437 e. The van der Waals surface area contributed by atoms with Crippen LogP contribution < -0.4 is 5.32 Å². The number of hydrogen-bond donors (Lipinski definition) is 1. The summed E-state index contributed by atoms with van der Waals surface area (Å²) in [6.45, 7) is 1.82. The summed E-state index contributed by atoms with van der Waals surface area (Å²) in [5.41, 5.74) is 1.61. The van der Waals surface area contributed by atoms with Gasteiger partial charge >= 0.3 is 6.09 Å². The van der Waals surface area contributed by atoms with Gasteiger partial charge in [0.05, 0.1) is 0 Å². The van der Waals surface area contributed by atoms with E-state index in [2.05, 4.69) is 21.2 Å². The van der Waals surface area contributed by atoms with Crippen molar-refractivity contribution in [2.45, 2.75) is 22.9 Å². The van der Waals surface area contributed by atoms with Gasteiger partial charge in [0, 0.05) is 10.5 Å². The summed E-state index contributed by atoms with van der Waals surface area (Å²) in [6.07, 6.45) is 2.06. The normalized spacial score (nSPS) is 14.0. The van der Waals surface area contributed by atoms with Gasteiger partial charge in [0.1, 0.15) is 0 Å². The van der Waals surface area contributed by atoms with Crippen molar-refractivity contribution in [2.24, 2.45) is 0 Å². The molecule has 26 heavy (non-hydrogen) atoms. The zero-order chi connectivity index (χ0) is 19.2. The van der Waals surface area contributed by atoms with Crippen molar-refractivity contribution < 1.29 is 9.53 Å². The van der Waals surface area contributed by atoms with Gasteiger partial charge in [0.2, 0.25) is 3.79 Å². The molecule has 0 aromatic heterocycles. The summed E-state index contributed by atoms with van der Waals surface area (Å²) < 4.78 is 4.57. The highest BCUT2D eigenvalue weighted by Crippen LogP contribution is 2.42. The summed E-state index contributed by atoms with van der Waals surface area (Å²) in [6, 6.07) is 16.4. The molecule has 2 aromatic rings. The van der Waals surface area contributed by atoms with Crippen LogP contribution in [0.25, 0.3) is 6.08 Å². The Kier molecular flexibility index (Phi) is 7.84. The second kappa shape index (κ2) is 9.65. The Hall–Kier alpha value is -1.20. The van der Waals surface area contributed by atoms with Crippen LogP contribution in [0.3, 0.4) is 0 Å². The average molecular weight is 478 g/mol. The smallest absolute Gasteiger partial charge is 0.408 e. The van der Waals surface area contributed by atoms with Crippen molar-refractivity contribution >= 4 is 62.9 Å². The first-order valence-corrected chi connectivity index (χ1v) is 9.71. The SMILES string of the molecule is C[C@H](/C=C/c1ccc(Br)cc1)NC(=O)O[C@H](c1ccccc1)C(Cl)(Cl)Cl. The van der Waals surface area contributed by atoms with Crippen LogP contribution in [-0.4, -0.2) is 15.9 Å². The Balaban J connectivity index is 1.98. The van der Waals surface area contributed by atoms with Gasteiger partial charge in [-0.3, -0.25) is 0 Å². The molecule has 138 valence electrons. The van der Waals surface area contributed by atoms with E-state index in [1.807, 2.05) is 49.4 Å². The van der Waals surface area contributed by atoms with E-state index in [9.17, 15) is 4.79 Å². The van der Waals surface area contributed by atoms with E-state index in [-0.39, 0.29) is 6.04 Å².